The predicted molar refractivity (Wildman–Crippen MR) is 86.9 cm³/mol. The van der Waals surface area contributed by atoms with Crippen molar-refractivity contribution in [2.45, 2.75) is 44.6 Å². The molecule has 1 unspecified atom stereocenters. The maximum atomic E-state index is 12.1. The molecule has 2 amide bonds. The van der Waals surface area contributed by atoms with Gasteiger partial charge in [-0.15, -0.1) is 0 Å². The quantitative estimate of drug-likeness (QED) is 0.897. The summed E-state index contributed by atoms with van der Waals surface area (Å²) in [5.74, 6) is 0.200. The van der Waals surface area contributed by atoms with Crippen molar-refractivity contribution < 1.29 is 9.59 Å². The Morgan fingerprint density at radius 3 is 3.00 bits per heavy atom. The number of hydrogen-bond acceptors (Lipinski definition) is 3. The van der Waals surface area contributed by atoms with E-state index in [1.54, 1.807) is 0 Å². The summed E-state index contributed by atoms with van der Waals surface area (Å²) >= 11 is 0. The van der Waals surface area contributed by atoms with Gasteiger partial charge in [0, 0.05) is 36.8 Å². The molecule has 0 bridgehead atoms. The number of rotatable bonds is 4. The zero-order valence-corrected chi connectivity index (χ0v) is 12.8. The molecular formula is C17H23N3O2. The van der Waals surface area contributed by atoms with Gasteiger partial charge in [-0.25, -0.2) is 0 Å². The number of anilines is 2. The Morgan fingerprint density at radius 2 is 2.23 bits per heavy atom. The molecule has 0 spiro atoms. The van der Waals surface area contributed by atoms with Crippen molar-refractivity contribution in [1.29, 1.82) is 0 Å². The van der Waals surface area contributed by atoms with E-state index < -0.39 is 0 Å². The van der Waals surface area contributed by atoms with Gasteiger partial charge in [0.1, 0.15) is 0 Å². The number of amides is 2. The van der Waals surface area contributed by atoms with Gasteiger partial charge in [0.2, 0.25) is 11.8 Å². The highest BCUT2D eigenvalue weighted by Crippen LogP contribution is 2.24. The van der Waals surface area contributed by atoms with Gasteiger partial charge in [0.05, 0.1) is 0 Å². The Morgan fingerprint density at radius 1 is 1.32 bits per heavy atom. The molecule has 2 aliphatic heterocycles. The van der Waals surface area contributed by atoms with E-state index in [1.165, 1.54) is 0 Å². The van der Waals surface area contributed by atoms with Crippen LogP contribution in [0.5, 0.6) is 0 Å². The van der Waals surface area contributed by atoms with Gasteiger partial charge in [-0.3, -0.25) is 9.59 Å². The number of piperidine rings is 1. The van der Waals surface area contributed by atoms with E-state index in [0.29, 0.717) is 18.9 Å². The normalized spacial score (nSPS) is 21.9. The van der Waals surface area contributed by atoms with Crippen molar-refractivity contribution in [3.8, 4) is 0 Å². The fourth-order valence-corrected chi connectivity index (χ4v) is 3.20. The molecule has 2 saturated heterocycles. The van der Waals surface area contributed by atoms with Crippen LogP contribution in [-0.2, 0) is 9.59 Å². The number of benzene rings is 1. The second-order valence-electron chi connectivity index (χ2n) is 6.10. The molecular weight excluding hydrogens is 278 g/mol. The minimum absolute atomic E-state index is 0.0292. The van der Waals surface area contributed by atoms with Crippen molar-refractivity contribution in [3.05, 3.63) is 24.3 Å². The Bertz CT molecular complexity index is 553. The smallest absolute Gasteiger partial charge is 0.226 e. The highest BCUT2D eigenvalue weighted by Gasteiger charge is 2.20. The summed E-state index contributed by atoms with van der Waals surface area (Å²) in [5, 5.41) is 6.27. The van der Waals surface area contributed by atoms with E-state index >= 15 is 0 Å². The van der Waals surface area contributed by atoms with Crippen molar-refractivity contribution in [3.63, 3.8) is 0 Å². The molecule has 118 valence electrons. The Labute approximate surface area is 131 Å². The van der Waals surface area contributed by atoms with Crippen LogP contribution < -0.4 is 15.5 Å². The van der Waals surface area contributed by atoms with Gasteiger partial charge in [0.25, 0.3) is 0 Å². The van der Waals surface area contributed by atoms with E-state index in [1.807, 2.05) is 29.2 Å². The largest absolute Gasteiger partial charge is 0.326 e. The average molecular weight is 301 g/mol. The summed E-state index contributed by atoms with van der Waals surface area (Å²) in [4.78, 5) is 25.9. The SMILES string of the molecule is O=C(CC1CCCN1)Nc1cccc(N2CCCCC2=O)c1. The first-order valence-electron chi connectivity index (χ1n) is 8.16. The molecule has 0 radical (unpaired) electrons. The van der Waals surface area contributed by atoms with E-state index in [0.717, 1.165) is 50.1 Å². The molecule has 5 heteroatoms. The van der Waals surface area contributed by atoms with Crippen LogP contribution in [0, 0.1) is 0 Å². The lowest BCUT2D eigenvalue weighted by atomic mass is 10.1. The third kappa shape index (κ3) is 3.65. The van der Waals surface area contributed by atoms with Gasteiger partial charge >= 0.3 is 0 Å². The lowest BCUT2D eigenvalue weighted by molar-refractivity contribution is -0.119. The van der Waals surface area contributed by atoms with Crippen LogP contribution in [-0.4, -0.2) is 30.9 Å². The van der Waals surface area contributed by atoms with Crippen molar-refractivity contribution in [2.24, 2.45) is 0 Å². The van der Waals surface area contributed by atoms with E-state index in [4.69, 9.17) is 0 Å². The Kier molecular flexibility index (Phi) is 4.73. The first-order valence-corrected chi connectivity index (χ1v) is 8.16. The highest BCUT2D eigenvalue weighted by atomic mass is 16.2. The minimum atomic E-state index is 0.0292. The molecule has 2 aliphatic rings. The second kappa shape index (κ2) is 6.92. The van der Waals surface area contributed by atoms with Crippen LogP contribution >= 0.6 is 0 Å². The highest BCUT2D eigenvalue weighted by molar-refractivity contribution is 5.96. The van der Waals surface area contributed by atoms with Gasteiger partial charge in [-0.1, -0.05) is 6.07 Å². The second-order valence-corrected chi connectivity index (χ2v) is 6.10. The van der Waals surface area contributed by atoms with Crippen LogP contribution in [0.1, 0.15) is 38.5 Å². The minimum Gasteiger partial charge on any atom is -0.326 e. The molecule has 2 heterocycles. The molecule has 1 aromatic carbocycles. The first kappa shape index (κ1) is 15.0. The average Bonchev–Trinajstić information content (AvgIpc) is 3.00. The number of carbonyl (C=O) groups excluding carboxylic acids is 2. The standard InChI is InChI=1S/C17H23N3O2/c21-16(12-13-6-4-9-18-13)19-14-5-3-7-15(11-14)20-10-2-1-8-17(20)22/h3,5,7,11,13,18H,1-2,4,6,8-10,12H2,(H,19,21). The molecule has 0 saturated carbocycles. The lowest BCUT2D eigenvalue weighted by Crippen LogP contribution is -2.35. The first-order chi connectivity index (χ1) is 10.7. The van der Waals surface area contributed by atoms with Crippen LogP contribution in [0.3, 0.4) is 0 Å². The van der Waals surface area contributed by atoms with Crippen molar-refractivity contribution >= 4 is 23.2 Å². The number of carbonyl (C=O) groups is 2. The molecule has 2 fully saturated rings. The van der Waals surface area contributed by atoms with Crippen LogP contribution in [0.25, 0.3) is 0 Å². The third-order valence-corrected chi connectivity index (χ3v) is 4.36. The number of nitrogens with one attached hydrogen (secondary N) is 2. The number of nitrogens with zero attached hydrogens (tertiary/aromatic N) is 1. The Balaban J connectivity index is 1.63. The lowest BCUT2D eigenvalue weighted by Gasteiger charge is -2.27. The van der Waals surface area contributed by atoms with Gasteiger partial charge < -0.3 is 15.5 Å². The summed E-state index contributed by atoms with van der Waals surface area (Å²) in [6.07, 6.45) is 5.34. The summed E-state index contributed by atoms with van der Waals surface area (Å²) in [7, 11) is 0. The summed E-state index contributed by atoms with van der Waals surface area (Å²) in [6.45, 7) is 1.77. The van der Waals surface area contributed by atoms with Gasteiger partial charge in [0.15, 0.2) is 0 Å². The fourth-order valence-electron chi connectivity index (χ4n) is 3.20. The zero-order chi connectivity index (χ0) is 15.4. The molecule has 5 nitrogen and oxygen atoms in total. The van der Waals surface area contributed by atoms with Gasteiger partial charge in [-0.2, -0.15) is 0 Å². The third-order valence-electron chi connectivity index (χ3n) is 4.36. The summed E-state index contributed by atoms with van der Waals surface area (Å²) < 4.78 is 0. The van der Waals surface area contributed by atoms with E-state index in [9.17, 15) is 9.59 Å². The predicted octanol–water partition coefficient (Wildman–Crippen LogP) is 2.28. The van der Waals surface area contributed by atoms with Crippen LogP contribution in [0.2, 0.25) is 0 Å². The molecule has 22 heavy (non-hydrogen) atoms. The topological polar surface area (TPSA) is 61.4 Å². The number of hydrogen-bond donors (Lipinski definition) is 2. The molecule has 0 aromatic heterocycles. The molecule has 0 aliphatic carbocycles. The maximum absolute atomic E-state index is 12.1. The monoisotopic (exact) mass is 301 g/mol. The maximum Gasteiger partial charge on any atom is 0.226 e. The Hall–Kier alpha value is -1.88. The van der Waals surface area contributed by atoms with Crippen molar-refractivity contribution in [2.75, 3.05) is 23.3 Å². The molecule has 1 atom stereocenters. The van der Waals surface area contributed by atoms with E-state index in [2.05, 4.69) is 10.6 Å². The van der Waals surface area contributed by atoms with Crippen LogP contribution in [0.4, 0.5) is 11.4 Å². The zero-order valence-electron chi connectivity index (χ0n) is 12.8. The fraction of sp³-hybridized carbons (Fsp3) is 0.529. The molecule has 1 aromatic rings. The molecule has 3 rings (SSSR count). The van der Waals surface area contributed by atoms with E-state index in [-0.39, 0.29) is 11.8 Å². The molecule has 2 N–H and O–H groups in total. The summed E-state index contributed by atoms with van der Waals surface area (Å²) in [6, 6.07) is 7.88. The summed E-state index contributed by atoms with van der Waals surface area (Å²) in [5.41, 5.74) is 1.64. The van der Waals surface area contributed by atoms with Gasteiger partial charge in [-0.05, 0) is 50.4 Å². The van der Waals surface area contributed by atoms with Crippen molar-refractivity contribution in [1.82, 2.24) is 5.32 Å². The van der Waals surface area contributed by atoms with Crippen LogP contribution in [0.15, 0.2) is 24.3 Å².